The summed E-state index contributed by atoms with van der Waals surface area (Å²) in [7, 11) is 0. The number of amides is 1. The zero-order valence-corrected chi connectivity index (χ0v) is 10.4. The summed E-state index contributed by atoms with van der Waals surface area (Å²) in [6, 6.07) is 8.06. The Morgan fingerprint density at radius 2 is 2.07 bits per heavy atom. The molecule has 3 heteroatoms. The Kier molecular flexibility index (Phi) is 3.48. The minimum absolute atomic E-state index is 0.0646. The number of benzene rings is 1. The molecule has 2 nitrogen and oxygen atoms in total. The van der Waals surface area contributed by atoms with E-state index in [2.05, 4.69) is 22.2 Å². The van der Waals surface area contributed by atoms with Gasteiger partial charge < -0.3 is 0 Å². The quantitative estimate of drug-likeness (QED) is 0.797. The molecule has 0 aliphatic heterocycles. The van der Waals surface area contributed by atoms with E-state index in [1.54, 1.807) is 0 Å². The fourth-order valence-electron chi connectivity index (χ4n) is 1.99. The Labute approximate surface area is 98.9 Å². The SMILES string of the molecule is O=C(NC1CCCC1)c1cccc([As])c1. The monoisotopic (exact) mass is 263 g/mol. The Balaban J connectivity index is 2.01. The fourth-order valence-corrected chi connectivity index (χ4v) is 2.46. The molecule has 1 amide bonds. The van der Waals surface area contributed by atoms with Gasteiger partial charge in [-0.3, -0.25) is 0 Å². The molecule has 1 fully saturated rings. The molecule has 1 saturated carbocycles. The van der Waals surface area contributed by atoms with Gasteiger partial charge in [-0.2, -0.15) is 0 Å². The van der Waals surface area contributed by atoms with Crippen LogP contribution < -0.4 is 9.67 Å². The summed E-state index contributed by atoms with van der Waals surface area (Å²) in [5.74, 6) is 0.0646. The summed E-state index contributed by atoms with van der Waals surface area (Å²) in [5.41, 5.74) is 0.764. The summed E-state index contributed by atoms with van der Waals surface area (Å²) in [4.78, 5) is 11.8. The van der Waals surface area contributed by atoms with E-state index in [-0.39, 0.29) is 5.91 Å². The molecule has 0 heterocycles. The van der Waals surface area contributed by atoms with Crippen molar-refractivity contribution in [3.05, 3.63) is 29.8 Å². The molecule has 2 rings (SSSR count). The van der Waals surface area contributed by atoms with Gasteiger partial charge in [-0.25, -0.2) is 0 Å². The van der Waals surface area contributed by atoms with E-state index in [0.717, 1.165) is 22.8 Å². The van der Waals surface area contributed by atoms with Gasteiger partial charge in [-0.15, -0.1) is 0 Å². The Morgan fingerprint density at radius 3 is 2.73 bits per heavy atom. The van der Waals surface area contributed by atoms with Crippen LogP contribution in [0.15, 0.2) is 24.3 Å². The van der Waals surface area contributed by atoms with Gasteiger partial charge >= 0.3 is 98.8 Å². The number of nitrogens with one attached hydrogen (secondary N) is 1. The van der Waals surface area contributed by atoms with Crippen LogP contribution in [0.1, 0.15) is 36.0 Å². The summed E-state index contributed by atoms with van der Waals surface area (Å²) < 4.78 is 1.07. The summed E-state index contributed by atoms with van der Waals surface area (Å²) in [6.45, 7) is 0. The third kappa shape index (κ3) is 2.85. The van der Waals surface area contributed by atoms with E-state index < -0.39 is 0 Å². The minimum atomic E-state index is 0.0646. The van der Waals surface area contributed by atoms with Crippen LogP contribution in [0.4, 0.5) is 0 Å². The molecule has 1 aliphatic carbocycles. The van der Waals surface area contributed by atoms with Crippen molar-refractivity contribution in [3.63, 3.8) is 0 Å². The molecule has 0 aromatic heterocycles. The predicted molar refractivity (Wildman–Crippen MR) is 61.6 cm³/mol. The van der Waals surface area contributed by atoms with Crippen molar-refractivity contribution in [2.45, 2.75) is 31.7 Å². The molecule has 1 aliphatic rings. The van der Waals surface area contributed by atoms with Gasteiger partial charge in [0.25, 0.3) is 0 Å². The van der Waals surface area contributed by atoms with Crippen molar-refractivity contribution in [2.75, 3.05) is 0 Å². The van der Waals surface area contributed by atoms with E-state index in [4.69, 9.17) is 0 Å². The molecule has 0 saturated heterocycles. The fraction of sp³-hybridized carbons (Fsp3) is 0.417. The molecular formula is C12H14AsNO. The summed E-state index contributed by atoms with van der Waals surface area (Å²) >= 11 is 2.46. The van der Waals surface area contributed by atoms with Gasteiger partial charge in [0, 0.05) is 0 Å². The number of rotatable bonds is 2. The van der Waals surface area contributed by atoms with Gasteiger partial charge in [0.2, 0.25) is 0 Å². The van der Waals surface area contributed by atoms with Crippen molar-refractivity contribution in [1.29, 1.82) is 0 Å². The molecule has 15 heavy (non-hydrogen) atoms. The molecule has 2 radical (unpaired) electrons. The standard InChI is InChI=1S/C12H14AsNO/c13-10-5-3-4-9(8-10)12(15)14-11-6-1-2-7-11/h3-5,8,11H,1-2,6-7H2,(H,14,15). The Hall–Kier alpha value is -0.752. The summed E-state index contributed by atoms with van der Waals surface area (Å²) in [6.07, 6.45) is 4.76. The van der Waals surface area contributed by atoms with E-state index >= 15 is 0 Å². The first-order valence-corrected chi connectivity index (χ1v) is 6.29. The molecule has 0 unspecified atom stereocenters. The predicted octanol–water partition coefficient (Wildman–Crippen LogP) is 1.15. The van der Waals surface area contributed by atoms with Crippen molar-refractivity contribution in [2.24, 2.45) is 0 Å². The van der Waals surface area contributed by atoms with Crippen molar-refractivity contribution >= 4 is 27.1 Å². The first kappa shape index (κ1) is 10.8. The third-order valence-corrected chi connectivity index (χ3v) is 3.38. The second-order valence-electron chi connectivity index (χ2n) is 4.01. The Morgan fingerprint density at radius 1 is 1.33 bits per heavy atom. The second kappa shape index (κ2) is 4.85. The number of carbonyl (C=O) groups is 1. The van der Waals surface area contributed by atoms with Gasteiger partial charge in [-0.05, 0) is 0 Å². The normalized spacial score (nSPS) is 16.6. The van der Waals surface area contributed by atoms with E-state index in [0.29, 0.717) is 6.04 Å². The topological polar surface area (TPSA) is 29.1 Å². The molecular weight excluding hydrogens is 249 g/mol. The maximum absolute atomic E-state index is 11.8. The van der Waals surface area contributed by atoms with Gasteiger partial charge in [0.15, 0.2) is 0 Å². The Bertz CT molecular complexity index is 358. The van der Waals surface area contributed by atoms with Crippen LogP contribution in [0, 0.1) is 0 Å². The van der Waals surface area contributed by atoms with Crippen molar-refractivity contribution in [3.8, 4) is 0 Å². The maximum atomic E-state index is 11.8. The van der Waals surface area contributed by atoms with Crippen molar-refractivity contribution in [1.82, 2.24) is 5.32 Å². The number of carbonyl (C=O) groups excluding carboxylic acids is 1. The van der Waals surface area contributed by atoms with Gasteiger partial charge in [0.1, 0.15) is 0 Å². The third-order valence-electron chi connectivity index (χ3n) is 2.80. The summed E-state index contributed by atoms with van der Waals surface area (Å²) in [5, 5.41) is 3.08. The van der Waals surface area contributed by atoms with Gasteiger partial charge in [0.05, 0.1) is 0 Å². The van der Waals surface area contributed by atoms with Crippen LogP contribution in [0.2, 0.25) is 0 Å². The van der Waals surface area contributed by atoms with Crippen LogP contribution in [-0.2, 0) is 0 Å². The molecule has 0 atom stereocenters. The van der Waals surface area contributed by atoms with Gasteiger partial charge in [-0.1, -0.05) is 0 Å². The van der Waals surface area contributed by atoms with Crippen LogP contribution >= 0.6 is 0 Å². The van der Waals surface area contributed by atoms with Crippen LogP contribution in [-0.4, -0.2) is 28.8 Å². The van der Waals surface area contributed by atoms with Crippen molar-refractivity contribution < 1.29 is 4.79 Å². The molecule has 0 bridgehead atoms. The molecule has 1 N–H and O–H groups in total. The average molecular weight is 263 g/mol. The second-order valence-corrected chi connectivity index (χ2v) is 5.09. The van der Waals surface area contributed by atoms with E-state index in [1.165, 1.54) is 12.8 Å². The van der Waals surface area contributed by atoms with Crippen LogP contribution in [0.5, 0.6) is 0 Å². The van der Waals surface area contributed by atoms with Crippen LogP contribution in [0.3, 0.4) is 0 Å². The zero-order valence-electron chi connectivity index (χ0n) is 8.57. The molecule has 1 aromatic rings. The average Bonchev–Trinajstić information content (AvgIpc) is 2.70. The zero-order chi connectivity index (χ0) is 10.7. The molecule has 78 valence electrons. The first-order chi connectivity index (χ1) is 7.25. The first-order valence-electron chi connectivity index (χ1n) is 5.35. The number of hydrogen-bond donors (Lipinski definition) is 1. The van der Waals surface area contributed by atoms with E-state index in [9.17, 15) is 4.79 Å². The van der Waals surface area contributed by atoms with E-state index in [1.807, 2.05) is 24.3 Å². The number of hydrogen-bond acceptors (Lipinski definition) is 1. The molecule has 0 spiro atoms. The molecule has 1 aromatic carbocycles. The van der Waals surface area contributed by atoms with Crippen LogP contribution in [0.25, 0.3) is 0 Å².